The first kappa shape index (κ1) is 14.3. The Bertz CT molecular complexity index is 516. The second-order valence-electron chi connectivity index (χ2n) is 4.36. The predicted octanol–water partition coefficient (Wildman–Crippen LogP) is 1.76. The van der Waals surface area contributed by atoms with Gasteiger partial charge in [-0.05, 0) is 18.2 Å². The van der Waals surface area contributed by atoms with Gasteiger partial charge in [0.15, 0.2) is 0 Å². The van der Waals surface area contributed by atoms with E-state index in [1.165, 1.54) is 6.07 Å². The van der Waals surface area contributed by atoms with Crippen molar-refractivity contribution in [1.29, 1.82) is 0 Å². The summed E-state index contributed by atoms with van der Waals surface area (Å²) in [5, 5.41) is 19.0. The van der Waals surface area contributed by atoms with Crippen LogP contribution in [0.25, 0.3) is 0 Å². The van der Waals surface area contributed by atoms with Crippen molar-refractivity contribution in [3.8, 4) is 0 Å². The third-order valence-corrected chi connectivity index (χ3v) is 3.61. The first-order valence-corrected chi connectivity index (χ1v) is 6.73. The number of hydrogen-bond acceptors (Lipinski definition) is 3. The van der Waals surface area contributed by atoms with Crippen LogP contribution in [0.1, 0.15) is 16.8 Å². The van der Waals surface area contributed by atoms with E-state index in [0.717, 1.165) is 4.90 Å². The predicted molar refractivity (Wildman–Crippen MR) is 72.2 cm³/mol. The van der Waals surface area contributed by atoms with E-state index >= 15 is 0 Å². The topological polar surface area (TPSA) is 77.8 Å². The number of aliphatic hydroxyl groups is 1. The number of carboxylic acid groups (broad SMARTS) is 1. The number of β-amino-alcohol motifs (C(OH)–C–C–N with tert-alkyl or cyclic N) is 1. The second-order valence-corrected chi connectivity index (χ2v) is 5.71. The summed E-state index contributed by atoms with van der Waals surface area (Å²) < 4.78 is 0.634. The molecule has 2 atom stereocenters. The number of carboxylic acids is 1. The monoisotopic (exact) mass is 347 g/mol. The zero-order chi connectivity index (χ0) is 14.2. The molecule has 0 bridgehead atoms. The van der Waals surface area contributed by atoms with E-state index in [9.17, 15) is 14.7 Å². The van der Waals surface area contributed by atoms with Gasteiger partial charge < -0.3 is 15.1 Å². The van der Waals surface area contributed by atoms with Crippen LogP contribution >= 0.6 is 27.5 Å². The second kappa shape index (κ2) is 5.48. The fraction of sp³-hybridized carbons (Fsp3) is 0.333. The lowest BCUT2D eigenvalue weighted by molar-refractivity contribution is -0.141. The molecule has 0 saturated carbocycles. The number of aliphatic carboxylic acids is 1. The van der Waals surface area contributed by atoms with Crippen LogP contribution in [0.4, 0.5) is 0 Å². The summed E-state index contributed by atoms with van der Waals surface area (Å²) in [6.45, 7) is 0.0138. The average molecular weight is 349 g/mol. The maximum absolute atomic E-state index is 12.3. The number of rotatable bonds is 2. The zero-order valence-electron chi connectivity index (χ0n) is 9.72. The van der Waals surface area contributed by atoms with Gasteiger partial charge in [-0.1, -0.05) is 27.5 Å². The Kier molecular flexibility index (Phi) is 4.13. The number of hydrogen-bond donors (Lipinski definition) is 2. The summed E-state index contributed by atoms with van der Waals surface area (Å²) in [7, 11) is 0. The normalized spacial score (nSPS) is 22.6. The molecular weight excluding hydrogens is 337 g/mol. The summed E-state index contributed by atoms with van der Waals surface area (Å²) in [5.41, 5.74) is 0.291. The molecule has 19 heavy (non-hydrogen) atoms. The minimum absolute atomic E-state index is 0.0138. The van der Waals surface area contributed by atoms with Gasteiger partial charge in [-0.15, -0.1) is 0 Å². The van der Waals surface area contributed by atoms with Crippen LogP contribution in [0.5, 0.6) is 0 Å². The van der Waals surface area contributed by atoms with Crippen molar-refractivity contribution in [2.45, 2.75) is 18.6 Å². The third kappa shape index (κ3) is 3.08. The molecule has 1 fully saturated rings. The number of benzene rings is 1. The van der Waals surface area contributed by atoms with Crippen molar-refractivity contribution < 1.29 is 19.8 Å². The maximum atomic E-state index is 12.3. The lowest BCUT2D eigenvalue weighted by Gasteiger charge is -2.21. The molecule has 0 unspecified atom stereocenters. The van der Waals surface area contributed by atoms with E-state index in [1.807, 2.05) is 0 Å². The summed E-state index contributed by atoms with van der Waals surface area (Å²) in [6, 6.07) is 3.67. The van der Waals surface area contributed by atoms with Gasteiger partial charge in [0, 0.05) is 28.0 Å². The van der Waals surface area contributed by atoms with E-state index in [-0.39, 0.29) is 13.0 Å². The number of aliphatic hydroxyl groups excluding tert-OH is 1. The highest BCUT2D eigenvalue weighted by atomic mass is 79.9. The van der Waals surface area contributed by atoms with E-state index in [2.05, 4.69) is 15.9 Å². The van der Waals surface area contributed by atoms with Gasteiger partial charge in [-0.3, -0.25) is 4.79 Å². The number of halogens is 2. The van der Waals surface area contributed by atoms with Gasteiger partial charge in [-0.2, -0.15) is 0 Å². The molecule has 0 aromatic heterocycles. The molecule has 1 aromatic rings. The quantitative estimate of drug-likeness (QED) is 0.854. The maximum Gasteiger partial charge on any atom is 0.326 e. The molecule has 1 amide bonds. The number of nitrogens with zero attached hydrogens (tertiary/aromatic N) is 1. The van der Waals surface area contributed by atoms with Crippen molar-refractivity contribution in [1.82, 2.24) is 4.90 Å². The molecule has 102 valence electrons. The van der Waals surface area contributed by atoms with Crippen LogP contribution < -0.4 is 0 Å². The zero-order valence-corrected chi connectivity index (χ0v) is 12.1. The molecular formula is C12H11BrClNO4. The summed E-state index contributed by atoms with van der Waals surface area (Å²) >= 11 is 9.09. The van der Waals surface area contributed by atoms with Gasteiger partial charge in [0.1, 0.15) is 6.04 Å². The molecule has 0 spiro atoms. The van der Waals surface area contributed by atoms with Crippen LogP contribution in [0.3, 0.4) is 0 Å². The highest BCUT2D eigenvalue weighted by Gasteiger charge is 2.39. The molecule has 0 radical (unpaired) electrons. The van der Waals surface area contributed by atoms with E-state index < -0.39 is 24.0 Å². The van der Waals surface area contributed by atoms with E-state index in [1.54, 1.807) is 12.1 Å². The molecule has 0 aliphatic carbocycles. The molecule has 1 saturated heterocycles. The Hall–Kier alpha value is -1.11. The smallest absolute Gasteiger partial charge is 0.326 e. The van der Waals surface area contributed by atoms with Gasteiger partial charge in [0.25, 0.3) is 5.91 Å². The van der Waals surface area contributed by atoms with Crippen LogP contribution in [0.2, 0.25) is 5.02 Å². The third-order valence-electron chi connectivity index (χ3n) is 2.93. The summed E-state index contributed by atoms with van der Waals surface area (Å²) in [4.78, 5) is 24.5. The molecule has 2 N–H and O–H groups in total. The standard InChI is InChI=1S/C12H11BrClNO4/c13-7-1-6(2-8(14)3-7)11(17)15-5-9(16)4-10(15)12(18)19/h1-3,9-10,16H,4-5H2,(H,18,19)/t9-,10-/m1/s1. The summed E-state index contributed by atoms with van der Waals surface area (Å²) in [5.74, 6) is -1.57. The van der Waals surface area contributed by atoms with Crippen LogP contribution in [0.15, 0.2) is 22.7 Å². The molecule has 2 rings (SSSR count). The van der Waals surface area contributed by atoms with Crippen molar-refractivity contribution in [2.24, 2.45) is 0 Å². The average Bonchev–Trinajstić information content (AvgIpc) is 2.69. The minimum Gasteiger partial charge on any atom is -0.480 e. The van der Waals surface area contributed by atoms with Crippen molar-refractivity contribution in [3.63, 3.8) is 0 Å². The Morgan fingerprint density at radius 2 is 2.05 bits per heavy atom. The molecule has 1 aliphatic rings. The lowest BCUT2D eigenvalue weighted by atomic mass is 10.1. The first-order chi connectivity index (χ1) is 8.88. The van der Waals surface area contributed by atoms with Gasteiger partial charge >= 0.3 is 5.97 Å². The number of likely N-dealkylation sites (tertiary alicyclic amines) is 1. The Labute approximate surface area is 122 Å². The molecule has 1 aliphatic heterocycles. The van der Waals surface area contributed by atoms with Crippen molar-refractivity contribution >= 4 is 39.4 Å². The Morgan fingerprint density at radius 1 is 1.37 bits per heavy atom. The van der Waals surface area contributed by atoms with Gasteiger partial charge in [-0.25, -0.2) is 4.79 Å². The molecule has 1 aromatic carbocycles. The number of carbonyl (C=O) groups excluding carboxylic acids is 1. The Morgan fingerprint density at radius 3 is 2.63 bits per heavy atom. The first-order valence-electron chi connectivity index (χ1n) is 5.56. The fourth-order valence-corrected chi connectivity index (χ4v) is 2.98. The van der Waals surface area contributed by atoms with Crippen LogP contribution in [-0.2, 0) is 4.79 Å². The van der Waals surface area contributed by atoms with Crippen molar-refractivity contribution in [3.05, 3.63) is 33.3 Å². The van der Waals surface area contributed by atoms with Gasteiger partial charge in [0.2, 0.25) is 0 Å². The van der Waals surface area contributed by atoms with E-state index in [4.69, 9.17) is 16.7 Å². The lowest BCUT2D eigenvalue weighted by Crippen LogP contribution is -2.40. The fourth-order valence-electron chi connectivity index (χ4n) is 2.12. The minimum atomic E-state index is -1.12. The molecule has 1 heterocycles. The van der Waals surface area contributed by atoms with E-state index in [0.29, 0.717) is 15.1 Å². The number of amides is 1. The van der Waals surface area contributed by atoms with Crippen LogP contribution in [-0.4, -0.2) is 45.7 Å². The van der Waals surface area contributed by atoms with Gasteiger partial charge in [0.05, 0.1) is 6.10 Å². The largest absolute Gasteiger partial charge is 0.480 e. The summed E-state index contributed by atoms with van der Waals surface area (Å²) in [6.07, 6.45) is -0.768. The highest BCUT2D eigenvalue weighted by molar-refractivity contribution is 9.10. The molecule has 5 nitrogen and oxygen atoms in total. The highest BCUT2D eigenvalue weighted by Crippen LogP contribution is 2.24. The van der Waals surface area contributed by atoms with Crippen molar-refractivity contribution in [2.75, 3.05) is 6.54 Å². The van der Waals surface area contributed by atoms with Crippen LogP contribution in [0, 0.1) is 0 Å². The SMILES string of the molecule is O=C(O)[C@H]1C[C@@H](O)CN1C(=O)c1cc(Cl)cc(Br)c1. The number of carbonyl (C=O) groups is 2. The molecule has 7 heteroatoms. The Balaban J connectivity index is 2.30.